The van der Waals surface area contributed by atoms with Crippen molar-refractivity contribution in [2.24, 2.45) is 11.5 Å². The van der Waals surface area contributed by atoms with Crippen LogP contribution in [-0.4, -0.2) is 13.0 Å². The molecule has 0 aromatic heterocycles. The second kappa shape index (κ2) is 5.54. The standard InChI is InChI=1S/C15H16N2O2/c1-19-12-9-5-8-11(10-6-3-2-4-7-10)13(12)14(16)15(17)18/h2-9,14H,16H2,1H3,(H2,17,18). The van der Waals surface area contributed by atoms with Crippen molar-refractivity contribution < 1.29 is 9.53 Å². The second-order valence-corrected chi connectivity index (χ2v) is 4.17. The molecule has 0 aliphatic carbocycles. The first-order valence-electron chi connectivity index (χ1n) is 5.92. The predicted molar refractivity (Wildman–Crippen MR) is 74.6 cm³/mol. The van der Waals surface area contributed by atoms with Crippen LogP contribution in [0, 0.1) is 0 Å². The largest absolute Gasteiger partial charge is 0.496 e. The van der Waals surface area contributed by atoms with E-state index < -0.39 is 11.9 Å². The SMILES string of the molecule is COc1cccc(-c2ccccc2)c1C(N)C(N)=O. The van der Waals surface area contributed by atoms with Crippen molar-refractivity contribution in [3.8, 4) is 16.9 Å². The lowest BCUT2D eigenvalue weighted by Gasteiger charge is -2.17. The van der Waals surface area contributed by atoms with Gasteiger partial charge >= 0.3 is 0 Å². The Morgan fingerprint density at radius 2 is 1.79 bits per heavy atom. The Bertz CT molecular complexity index is 582. The summed E-state index contributed by atoms with van der Waals surface area (Å²) in [4.78, 5) is 11.4. The Labute approximate surface area is 112 Å². The summed E-state index contributed by atoms with van der Waals surface area (Å²) in [5.74, 6) is -0.0191. The Balaban J connectivity index is 2.64. The van der Waals surface area contributed by atoms with Crippen LogP contribution < -0.4 is 16.2 Å². The van der Waals surface area contributed by atoms with E-state index in [2.05, 4.69) is 0 Å². The Morgan fingerprint density at radius 1 is 1.11 bits per heavy atom. The number of hydrogen-bond donors (Lipinski definition) is 2. The van der Waals surface area contributed by atoms with Crippen LogP contribution in [0.25, 0.3) is 11.1 Å². The smallest absolute Gasteiger partial charge is 0.239 e. The minimum Gasteiger partial charge on any atom is -0.496 e. The third kappa shape index (κ3) is 2.58. The first kappa shape index (κ1) is 13.1. The predicted octanol–water partition coefficient (Wildman–Crippen LogP) is 1.85. The lowest BCUT2D eigenvalue weighted by atomic mass is 9.94. The zero-order valence-electron chi connectivity index (χ0n) is 10.7. The molecule has 1 unspecified atom stereocenters. The molecule has 0 spiro atoms. The highest BCUT2D eigenvalue weighted by Crippen LogP contribution is 2.34. The fourth-order valence-electron chi connectivity index (χ4n) is 2.05. The fourth-order valence-corrected chi connectivity index (χ4v) is 2.05. The number of methoxy groups -OCH3 is 1. The minimum absolute atomic E-state index is 0.563. The summed E-state index contributed by atoms with van der Waals surface area (Å²) < 4.78 is 5.29. The number of nitrogens with two attached hydrogens (primary N) is 2. The van der Waals surface area contributed by atoms with Crippen LogP contribution in [-0.2, 0) is 4.79 Å². The van der Waals surface area contributed by atoms with Crippen LogP contribution in [0.15, 0.2) is 48.5 Å². The molecule has 4 nitrogen and oxygen atoms in total. The first-order valence-corrected chi connectivity index (χ1v) is 5.92. The van der Waals surface area contributed by atoms with Crippen molar-refractivity contribution in [1.29, 1.82) is 0 Å². The molecule has 0 fully saturated rings. The molecular weight excluding hydrogens is 240 g/mol. The highest BCUT2D eigenvalue weighted by molar-refractivity contribution is 5.86. The third-order valence-electron chi connectivity index (χ3n) is 2.99. The molecule has 0 bridgehead atoms. The molecular formula is C15H16N2O2. The lowest BCUT2D eigenvalue weighted by Crippen LogP contribution is -2.29. The van der Waals surface area contributed by atoms with E-state index in [1.165, 1.54) is 0 Å². The third-order valence-corrected chi connectivity index (χ3v) is 2.99. The zero-order valence-corrected chi connectivity index (χ0v) is 10.7. The quantitative estimate of drug-likeness (QED) is 0.876. The van der Waals surface area contributed by atoms with Crippen LogP contribution in [0.2, 0.25) is 0 Å². The lowest BCUT2D eigenvalue weighted by molar-refractivity contribution is -0.119. The van der Waals surface area contributed by atoms with Crippen molar-refractivity contribution in [2.75, 3.05) is 7.11 Å². The molecule has 2 aromatic carbocycles. The van der Waals surface area contributed by atoms with Gasteiger partial charge in [-0.3, -0.25) is 4.79 Å². The number of carbonyl (C=O) groups is 1. The van der Waals surface area contributed by atoms with E-state index in [9.17, 15) is 4.79 Å². The molecule has 0 aliphatic heterocycles. The molecule has 1 amide bonds. The van der Waals surface area contributed by atoms with Gasteiger partial charge in [0.1, 0.15) is 11.8 Å². The van der Waals surface area contributed by atoms with Gasteiger partial charge in [0.15, 0.2) is 0 Å². The summed E-state index contributed by atoms with van der Waals surface area (Å²) in [5, 5.41) is 0. The summed E-state index contributed by atoms with van der Waals surface area (Å²) >= 11 is 0. The average molecular weight is 256 g/mol. The van der Waals surface area contributed by atoms with E-state index >= 15 is 0 Å². The van der Waals surface area contributed by atoms with Crippen molar-refractivity contribution in [2.45, 2.75) is 6.04 Å². The van der Waals surface area contributed by atoms with E-state index in [4.69, 9.17) is 16.2 Å². The molecule has 98 valence electrons. The molecule has 0 saturated carbocycles. The van der Waals surface area contributed by atoms with E-state index in [-0.39, 0.29) is 0 Å². The highest BCUT2D eigenvalue weighted by atomic mass is 16.5. The van der Waals surface area contributed by atoms with Gasteiger partial charge in [-0.15, -0.1) is 0 Å². The number of ether oxygens (including phenoxy) is 1. The summed E-state index contributed by atoms with van der Waals surface area (Å²) in [6, 6.07) is 14.3. The van der Waals surface area contributed by atoms with Crippen molar-refractivity contribution >= 4 is 5.91 Å². The Morgan fingerprint density at radius 3 is 2.37 bits per heavy atom. The summed E-state index contributed by atoms with van der Waals surface area (Å²) in [6.07, 6.45) is 0. The van der Waals surface area contributed by atoms with Gasteiger partial charge in [-0.25, -0.2) is 0 Å². The van der Waals surface area contributed by atoms with Gasteiger partial charge in [-0.1, -0.05) is 42.5 Å². The van der Waals surface area contributed by atoms with E-state index in [1.54, 1.807) is 13.2 Å². The molecule has 4 N–H and O–H groups in total. The number of rotatable bonds is 4. The number of benzene rings is 2. The molecule has 0 saturated heterocycles. The number of carbonyl (C=O) groups excluding carboxylic acids is 1. The van der Waals surface area contributed by atoms with Gasteiger partial charge in [-0.05, 0) is 17.2 Å². The molecule has 19 heavy (non-hydrogen) atoms. The van der Waals surface area contributed by atoms with Crippen LogP contribution in [0.5, 0.6) is 5.75 Å². The molecule has 2 rings (SSSR count). The maximum Gasteiger partial charge on any atom is 0.239 e. The fraction of sp³-hybridized carbons (Fsp3) is 0.133. The van der Waals surface area contributed by atoms with Crippen LogP contribution in [0.4, 0.5) is 0 Å². The number of primary amides is 1. The molecule has 4 heteroatoms. The van der Waals surface area contributed by atoms with E-state index in [0.717, 1.165) is 11.1 Å². The van der Waals surface area contributed by atoms with Crippen LogP contribution >= 0.6 is 0 Å². The average Bonchev–Trinajstić information content (AvgIpc) is 2.46. The van der Waals surface area contributed by atoms with Gasteiger partial charge in [0, 0.05) is 5.56 Å². The van der Waals surface area contributed by atoms with Crippen LogP contribution in [0.1, 0.15) is 11.6 Å². The maximum atomic E-state index is 11.4. The molecule has 0 heterocycles. The zero-order chi connectivity index (χ0) is 13.8. The van der Waals surface area contributed by atoms with E-state index in [1.807, 2.05) is 42.5 Å². The van der Waals surface area contributed by atoms with Gasteiger partial charge in [0.2, 0.25) is 5.91 Å². The molecule has 0 radical (unpaired) electrons. The Hall–Kier alpha value is -2.33. The molecule has 0 aliphatic rings. The highest BCUT2D eigenvalue weighted by Gasteiger charge is 2.21. The van der Waals surface area contributed by atoms with Crippen molar-refractivity contribution in [3.63, 3.8) is 0 Å². The van der Waals surface area contributed by atoms with Crippen LogP contribution in [0.3, 0.4) is 0 Å². The van der Waals surface area contributed by atoms with Crippen molar-refractivity contribution in [3.05, 3.63) is 54.1 Å². The van der Waals surface area contributed by atoms with Gasteiger partial charge in [-0.2, -0.15) is 0 Å². The topological polar surface area (TPSA) is 78.3 Å². The number of amides is 1. The summed E-state index contributed by atoms with van der Waals surface area (Å²) in [5.41, 5.74) is 13.7. The normalized spacial score (nSPS) is 11.9. The molecule has 1 atom stereocenters. The minimum atomic E-state index is -0.897. The van der Waals surface area contributed by atoms with E-state index in [0.29, 0.717) is 11.3 Å². The Kier molecular flexibility index (Phi) is 3.82. The second-order valence-electron chi connectivity index (χ2n) is 4.17. The van der Waals surface area contributed by atoms with Crippen molar-refractivity contribution in [1.82, 2.24) is 0 Å². The monoisotopic (exact) mass is 256 g/mol. The van der Waals surface area contributed by atoms with Gasteiger partial charge < -0.3 is 16.2 Å². The summed E-state index contributed by atoms with van der Waals surface area (Å²) in [7, 11) is 1.54. The molecule has 2 aromatic rings. The van der Waals surface area contributed by atoms with Gasteiger partial charge in [0.05, 0.1) is 7.11 Å². The van der Waals surface area contributed by atoms with Gasteiger partial charge in [0.25, 0.3) is 0 Å². The number of hydrogen-bond acceptors (Lipinski definition) is 3. The summed E-state index contributed by atoms with van der Waals surface area (Å²) in [6.45, 7) is 0. The first-order chi connectivity index (χ1) is 9.15. The maximum absolute atomic E-state index is 11.4.